The molecule has 1 heterocycles. The summed E-state index contributed by atoms with van der Waals surface area (Å²) in [5.41, 5.74) is 0.238. The zero-order chi connectivity index (χ0) is 17.0. The van der Waals surface area contributed by atoms with Crippen LogP contribution in [-0.2, 0) is 6.18 Å². The molecule has 1 aromatic carbocycles. The Hall–Kier alpha value is -2.76. The van der Waals surface area contributed by atoms with E-state index in [-0.39, 0.29) is 11.3 Å². The van der Waals surface area contributed by atoms with Crippen molar-refractivity contribution in [2.75, 3.05) is 0 Å². The topological polar surface area (TPSA) is 25.8 Å². The average Bonchev–Trinajstić information content (AvgIpc) is 2.51. The molecule has 0 aliphatic carbocycles. The van der Waals surface area contributed by atoms with Crippen LogP contribution in [0.1, 0.15) is 11.3 Å². The Kier molecular flexibility index (Phi) is 4.74. The second-order valence-electron chi connectivity index (χ2n) is 4.54. The van der Waals surface area contributed by atoms with Crippen LogP contribution in [0.5, 0.6) is 0 Å². The van der Waals surface area contributed by atoms with Crippen molar-refractivity contribution in [1.29, 1.82) is 0 Å². The van der Waals surface area contributed by atoms with E-state index in [9.17, 15) is 17.6 Å². The zero-order valence-electron chi connectivity index (χ0n) is 11.9. The fraction of sp³-hybridized carbons (Fsp3) is 0.0588. The molecule has 0 aliphatic heterocycles. The van der Waals surface area contributed by atoms with Crippen molar-refractivity contribution < 1.29 is 17.6 Å². The molecule has 0 saturated carbocycles. The van der Waals surface area contributed by atoms with Gasteiger partial charge in [-0.25, -0.2) is 9.37 Å². The molecule has 2 aromatic rings. The van der Waals surface area contributed by atoms with E-state index >= 15 is 0 Å². The third-order valence-electron chi connectivity index (χ3n) is 3.02. The molecule has 0 fully saturated rings. The van der Waals surface area contributed by atoms with Crippen molar-refractivity contribution >= 4 is 5.57 Å². The van der Waals surface area contributed by atoms with Crippen molar-refractivity contribution in [3.05, 3.63) is 79.1 Å². The van der Waals surface area contributed by atoms with Gasteiger partial charge < -0.3 is 0 Å². The van der Waals surface area contributed by atoms with Gasteiger partial charge in [0.25, 0.3) is 0 Å². The number of rotatable bonds is 4. The Morgan fingerprint density at radius 1 is 1.13 bits per heavy atom. The van der Waals surface area contributed by atoms with Gasteiger partial charge in [0.15, 0.2) is 0 Å². The van der Waals surface area contributed by atoms with E-state index in [2.05, 4.69) is 23.1 Å². The maximum absolute atomic E-state index is 13.7. The molecule has 0 aliphatic rings. The normalized spacial score (nSPS) is 12.1. The summed E-state index contributed by atoms with van der Waals surface area (Å²) in [6.45, 7) is 7.21. The highest BCUT2D eigenvalue weighted by molar-refractivity contribution is 5.73. The highest BCUT2D eigenvalue weighted by Crippen LogP contribution is 2.33. The Morgan fingerprint density at radius 3 is 2.43 bits per heavy atom. The first-order chi connectivity index (χ1) is 10.9. The number of hydrogen-bond donors (Lipinski definition) is 0. The lowest BCUT2D eigenvalue weighted by atomic mass is 10.1. The first kappa shape index (κ1) is 16.6. The predicted octanol–water partition coefficient (Wildman–Crippen LogP) is 5.06. The number of allylic oxidation sites excluding steroid dienone is 4. The van der Waals surface area contributed by atoms with E-state index in [0.29, 0.717) is 17.3 Å². The van der Waals surface area contributed by atoms with Crippen LogP contribution in [-0.4, -0.2) is 9.97 Å². The zero-order valence-corrected chi connectivity index (χ0v) is 11.9. The molecule has 0 unspecified atom stereocenters. The van der Waals surface area contributed by atoms with Crippen LogP contribution in [0, 0.1) is 5.82 Å². The molecule has 0 saturated heterocycles. The Morgan fingerprint density at radius 2 is 1.87 bits per heavy atom. The van der Waals surface area contributed by atoms with Gasteiger partial charge in [0, 0.05) is 11.1 Å². The number of benzene rings is 1. The minimum absolute atomic E-state index is 0.201. The van der Waals surface area contributed by atoms with Crippen molar-refractivity contribution in [3.8, 4) is 11.3 Å². The maximum Gasteiger partial charge on any atom is 0.419 e. The highest BCUT2D eigenvalue weighted by atomic mass is 19.4. The van der Waals surface area contributed by atoms with Gasteiger partial charge in [0.1, 0.15) is 5.82 Å². The van der Waals surface area contributed by atoms with Crippen molar-refractivity contribution in [2.45, 2.75) is 6.18 Å². The molecule has 23 heavy (non-hydrogen) atoms. The largest absolute Gasteiger partial charge is 0.419 e. The van der Waals surface area contributed by atoms with Crippen LogP contribution < -0.4 is 0 Å². The Balaban J connectivity index is 2.48. The van der Waals surface area contributed by atoms with E-state index in [0.717, 1.165) is 12.1 Å². The number of halogens is 4. The summed E-state index contributed by atoms with van der Waals surface area (Å²) in [4.78, 5) is 8.25. The van der Waals surface area contributed by atoms with Crippen molar-refractivity contribution in [3.63, 3.8) is 0 Å². The average molecular weight is 320 g/mol. The van der Waals surface area contributed by atoms with E-state index in [4.69, 9.17) is 0 Å². The van der Waals surface area contributed by atoms with Crippen LogP contribution in [0.2, 0.25) is 0 Å². The number of aromatic nitrogens is 2. The number of hydrogen-bond acceptors (Lipinski definition) is 2. The summed E-state index contributed by atoms with van der Waals surface area (Å²) in [5, 5.41) is 0. The summed E-state index contributed by atoms with van der Waals surface area (Å²) < 4.78 is 51.4. The van der Waals surface area contributed by atoms with E-state index in [1.54, 1.807) is 18.2 Å². The summed E-state index contributed by atoms with van der Waals surface area (Å²) >= 11 is 0. The third-order valence-corrected chi connectivity index (χ3v) is 3.02. The number of alkyl halides is 3. The first-order valence-corrected chi connectivity index (χ1v) is 6.51. The van der Waals surface area contributed by atoms with Gasteiger partial charge in [-0.3, -0.25) is 4.98 Å². The lowest BCUT2D eigenvalue weighted by Crippen LogP contribution is -2.08. The molecule has 118 valence electrons. The Labute approximate surface area is 130 Å². The summed E-state index contributed by atoms with van der Waals surface area (Å²) in [6.07, 6.45) is 2.83. The van der Waals surface area contributed by atoms with Gasteiger partial charge in [-0.2, -0.15) is 13.2 Å². The van der Waals surface area contributed by atoms with Gasteiger partial charge in [0.2, 0.25) is 0 Å². The molecule has 2 nitrogen and oxygen atoms in total. The number of nitrogens with zero attached hydrogens (tertiary/aromatic N) is 2. The fourth-order valence-corrected chi connectivity index (χ4v) is 1.93. The molecule has 0 atom stereocenters. The fourth-order valence-electron chi connectivity index (χ4n) is 1.93. The maximum atomic E-state index is 13.7. The van der Waals surface area contributed by atoms with Crippen molar-refractivity contribution in [2.24, 2.45) is 0 Å². The van der Waals surface area contributed by atoms with Crippen LogP contribution in [0.15, 0.2) is 62.0 Å². The van der Waals surface area contributed by atoms with Crippen LogP contribution in [0.4, 0.5) is 17.6 Å². The van der Waals surface area contributed by atoms with Crippen LogP contribution in [0.3, 0.4) is 0 Å². The summed E-state index contributed by atoms with van der Waals surface area (Å²) in [7, 11) is 0. The minimum atomic E-state index is -4.74. The second-order valence-corrected chi connectivity index (χ2v) is 4.54. The van der Waals surface area contributed by atoms with Gasteiger partial charge >= 0.3 is 6.18 Å². The van der Waals surface area contributed by atoms with Crippen molar-refractivity contribution in [1.82, 2.24) is 9.97 Å². The molecule has 2 rings (SSSR count). The van der Waals surface area contributed by atoms with Crippen LogP contribution >= 0.6 is 0 Å². The van der Waals surface area contributed by atoms with Gasteiger partial charge in [-0.1, -0.05) is 37.5 Å². The summed E-state index contributed by atoms with van der Waals surface area (Å²) in [6, 6.07) is 2.64. The van der Waals surface area contributed by atoms with Gasteiger partial charge in [0.05, 0.1) is 29.3 Å². The second kappa shape index (κ2) is 6.56. The first-order valence-electron chi connectivity index (χ1n) is 6.51. The molecule has 1 aromatic heterocycles. The molecule has 0 radical (unpaired) electrons. The molecule has 0 spiro atoms. The smallest absolute Gasteiger partial charge is 0.260 e. The monoisotopic (exact) mass is 320 g/mol. The minimum Gasteiger partial charge on any atom is -0.260 e. The van der Waals surface area contributed by atoms with E-state index in [1.807, 2.05) is 0 Å². The molecule has 6 heteroatoms. The van der Waals surface area contributed by atoms with Gasteiger partial charge in [-0.05, 0) is 12.1 Å². The molecular weight excluding hydrogens is 308 g/mol. The molecule has 0 N–H and O–H groups in total. The SMILES string of the molecule is C=C/C=C(\C=C)c1cncc(-c2ccc(C(F)(F)F)c(F)c2)n1. The lowest BCUT2D eigenvalue weighted by Gasteiger charge is -2.09. The quantitative estimate of drug-likeness (QED) is 0.581. The molecular formula is C17H12F4N2. The Bertz CT molecular complexity index is 776. The van der Waals surface area contributed by atoms with Crippen LogP contribution in [0.25, 0.3) is 16.8 Å². The lowest BCUT2D eigenvalue weighted by molar-refractivity contribution is -0.139. The van der Waals surface area contributed by atoms with E-state index in [1.165, 1.54) is 12.4 Å². The third kappa shape index (κ3) is 3.71. The summed E-state index contributed by atoms with van der Waals surface area (Å²) in [5.74, 6) is -1.35. The predicted molar refractivity (Wildman–Crippen MR) is 80.8 cm³/mol. The molecule has 0 bridgehead atoms. The highest BCUT2D eigenvalue weighted by Gasteiger charge is 2.34. The van der Waals surface area contributed by atoms with Gasteiger partial charge in [-0.15, -0.1) is 0 Å². The molecule has 0 amide bonds. The standard InChI is InChI=1S/C17H12F4N2/c1-3-5-11(4-2)15-9-22-10-16(23-15)12-6-7-13(14(18)8-12)17(19,20)21/h3-10H,1-2H2/b11-5+. The van der Waals surface area contributed by atoms with E-state index < -0.39 is 17.6 Å².